The summed E-state index contributed by atoms with van der Waals surface area (Å²) in [7, 11) is 0. The van der Waals surface area contributed by atoms with E-state index in [-0.39, 0.29) is 0 Å². The third kappa shape index (κ3) is 4.98. The highest BCUT2D eigenvalue weighted by Crippen LogP contribution is 2.39. The van der Waals surface area contributed by atoms with Crippen LogP contribution in [-0.2, 0) is 6.42 Å². The fourth-order valence-corrected chi connectivity index (χ4v) is 8.14. The monoisotopic (exact) mass is 634 g/mol. The van der Waals surface area contributed by atoms with Crippen LogP contribution in [0.2, 0.25) is 0 Å². The Balaban J connectivity index is 1.25. The van der Waals surface area contributed by atoms with Gasteiger partial charge >= 0.3 is 0 Å². The van der Waals surface area contributed by atoms with Crippen molar-refractivity contribution in [2.24, 2.45) is 4.99 Å². The number of nitrogens with zero attached hydrogens (tertiary/aromatic N) is 1. The maximum atomic E-state index is 9.44. The molecule has 6 aromatic carbocycles. The van der Waals surface area contributed by atoms with Gasteiger partial charge in [-0.3, -0.25) is 5.41 Å². The lowest BCUT2D eigenvalue weighted by atomic mass is 9.92. The zero-order chi connectivity index (χ0) is 32.0. The Hall–Kier alpha value is -5.84. The first-order chi connectivity index (χ1) is 23.7. The number of aliphatic imine (C=N–C) groups is 1. The molecule has 2 heterocycles. The summed E-state index contributed by atoms with van der Waals surface area (Å²) in [5, 5.41) is 12.8. The van der Waals surface area contributed by atoms with Gasteiger partial charge in [0.25, 0.3) is 0 Å². The van der Waals surface area contributed by atoms with Crippen LogP contribution < -0.4 is 0 Å². The minimum absolute atomic E-state index is 0.298. The van der Waals surface area contributed by atoms with Crippen molar-refractivity contribution in [2.75, 3.05) is 0 Å². The lowest BCUT2D eigenvalue weighted by Crippen LogP contribution is -2.11. The Kier molecular flexibility index (Phi) is 6.95. The van der Waals surface area contributed by atoms with Crippen LogP contribution in [0.25, 0.3) is 60.4 Å². The molecule has 1 aliphatic carbocycles. The Morgan fingerprint density at radius 3 is 2.02 bits per heavy atom. The highest BCUT2D eigenvalue weighted by atomic mass is 32.1. The summed E-state index contributed by atoms with van der Waals surface area (Å²) in [6.07, 6.45) is 3.88. The van der Waals surface area contributed by atoms with E-state index < -0.39 is 0 Å². The van der Waals surface area contributed by atoms with Gasteiger partial charge in [-0.15, -0.1) is 11.3 Å². The normalized spacial score (nSPS) is 13.2. The molecule has 2 aromatic heterocycles. The first-order valence-corrected chi connectivity index (χ1v) is 17.1. The Morgan fingerprint density at radius 1 is 0.604 bits per heavy atom. The van der Waals surface area contributed by atoms with Crippen molar-refractivity contribution < 1.29 is 4.42 Å². The van der Waals surface area contributed by atoms with Gasteiger partial charge in [-0.05, 0) is 82.0 Å². The first-order valence-electron chi connectivity index (χ1n) is 16.3. The third-order valence-electron chi connectivity index (χ3n) is 9.31. The molecule has 3 nitrogen and oxygen atoms in total. The second kappa shape index (κ2) is 11.8. The highest BCUT2D eigenvalue weighted by molar-refractivity contribution is 7.20. The molecule has 0 atom stereocenters. The van der Waals surface area contributed by atoms with Crippen LogP contribution in [0.15, 0.2) is 161 Å². The number of aryl methyl sites for hydroxylation is 1. The predicted molar refractivity (Wildman–Crippen MR) is 203 cm³/mol. The van der Waals surface area contributed by atoms with Crippen LogP contribution >= 0.6 is 11.3 Å². The molecule has 9 rings (SSSR count). The topological polar surface area (TPSA) is 49.4 Å². The number of benzene rings is 6. The second-order valence-electron chi connectivity index (χ2n) is 12.2. The zero-order valence-electron chi connectivity index (χ0n) is 26.1. The molecular weight excluding hydrogens is 605 g/mol. The molecule has 1 N–H and O–H groups in total. The Bertz CT molecular complexity index is 2550. The number of thiophene rings is 1. The van der Waals surface area contributed by atoms with Crippen LogP contribution in [0, 0.1) is 5.41 Å². The maximum Gasteiger partial charge on any atom is 0.148 e. The van der Waals surface area contributed by atoms with Gasteiger partial charge in [0, 0.05) is 31.5 Å². The van der Waals surface area contributed by atoms with E-state index in [4.69, 9.17) is 9.41 Å². The number of hydrogen-bond acceptors (Lipinski definition) is 3. The van der Waals surface area contributed by atoms with Crippen molar-refractivity contribution in [1.82, 2.24) is 0 Å². The van der Waals surface area contributed by atoms with Crippen molar-refractivity contribution in [3.63, 3.8) is 0 Å². The average molecular weight is 635 g/mol. The van der Waals surface area contributed by atoms with Gasteiger partial charge in [0.2, 0.25) is 0 Å². The number of para-hydroxylation sites is 1. The summed E-state index contributed by atoms with van der Waals surface area (Å²) >= 11 is 1.80. The summed E-state index contributed by atoms with van der Waals surface area (Å²) in [6, 6.07) is 50.5. The number of rotatable bonds is 5. The van der Waals surface area contributed by atoms with Crippen LogP contribution in [0.5, 0.6) is 0 Å². The molecule has 228 valence electrons. The largest absolute Gasteiger partial charge is 0.456 e. The van der Waals surface area contributed by atoms with E-state index in [0.717, 1.165) is 79.4 Å². The van der Waals surface area contributed by atoms with E-state index in [1.54, 1.807) is 11.3 Å². The smallest absolute Gasteiger partial charge is 0.148 e. The fourth-order valence-electron chi connectivity index (χ4n) is 6.92. The number of fused-ring (bicyclic) bond motifs is 6. The molecule has 8 aromatic rings. The van der Waals surface area contributed by atoms with Crippen molar-refractivity contribution >= 4 is 61.0 Å². The number of amidine groups is 1. The van der Waals surface area contributed by atoms with Gasteiger partial charge in [-0.1, -0.05) is 121 Å². The first kappa shape index (κ1) is 28.4. The molecule has 48 heavy (non-hydrogen) atoms. The van der Waals surface area contributed by atoms with Gasteiger partial charge in [0.05, 0.1) is 5.71 Å². The van der Waals surface area contributed by atoms with Crippen LogP contribution in [0.4, 0.5) is 0 Å². The molecular formula is C44H30N2OS. The third-order valence-corrected chi connectivity index (χ3v) is 10.5. The highest BCUT2D eigenvalue weighted by Gasteiger charge is 2.22. The second-order valence-corrected chi connectivity index (χ2v) is 13.3. The van der Waals surface area contributed by atoms with Crippen LogP contribution in [0.3, 0.4) is 0 Å². The molecule has 0 spiro atoms. The van der Waals surface area contributed by atoms with E-state index in [2.05, 4.69) is 127 Å². The van der Waals surface area contributed by atoms with Crippen LogP contribution in [0.1, 0.15) is 28.0 Å². The minimum atomic E-state index is 0.298. The molecule has 4 heteroatoms. The zero-order valence-corrected chi connectivity index (χ0v) is 26.9. The van der Waals surface area contributed by atoms with Crippen molar-refractivity contribution in [1.29, 1.82) is 5.41 Å². The number of hydrogen-bond donors (Lipinski definition) is 1. The van der Waals surface area contributed by atoms with Gasteiger partial charge < -0.3 is 4.42 Å². The SMILES string of the molecule is N=C(N=C(c1ccc(-c2ccccc2)cc1)c1cc(-c2ccccc2)cc2oc3ccccc3c12)C1=Cc2sc3ccccc3c2CC1. The molecule has 0 radical (unpaired) electrons. The fraction of sp³-hybridized carbons (Fsp3) is 0.0455. The molecule has 0 aliphatic heterocycles. The lowest BCUT2D eigenvalue weighted by Gasteiger charge is -2.16. The quantitative estimate of drug-likeness (QED) is 0.149. The Morgan fingerprint density at radius 2 is 1.25 bits per heavy atom. The molecule has 0 amide bonds. The van der Waals surface area contributed by atoms with Gasteiger partial charge in [-0.2, -0.15) is 0 Å². The van der Waals surface area contributed by atoms with E-state index in [1.165, 1.54) is 20.5 Å². The van der Waals surface area contributed by atoms with Gasteiger partial charge in [0.15, 0.2) is 0 Å². The summed E-state index contributed by atoms with van der Waals surface area (Å²) in [6.45, 7) is 0. The van der Waals surface area contributed by atoms with E-state index >= 15 is 0 Å². The Labute approximate surface area is 282 Å². The molecule has 0 saturated carbocycles. The standard InChI is InChI=1S/C44H30N2OS/c45-44(32-23-24-35-34-15-8-10-18-40(34)48-41(35)27-32)46-43(31-21-19-30(20-22-31)28-11-3-1-4-12-28)37-25-33(29-13-5-2-6-14-29)26-39-42(37)36-16-7-9-17-38(36)47-39/h1-22,25-27,45H,23-24H2. The van der Waals surface area contributed by atoms with E-state index in [1.807, 2.05) is 24.3 Å². The average Bonchev–Trinajstić information content (AvgIpc) is 3.72. The number of nitrogens with one attached hydrogen (secondary N) is 1. The van der Waals surface area contributed by atoms with Crippen molar-refractivity contribution in [3.8, 4) is 22.3 Å². The molecule has 0 fully saturated rings. The summed E-state index contributed by atoms with van der Waals surface area (Å²) in [4.78, 5) is 6.47. The van der Waals surface area contributed by atoms with Crippen LogP contribution in [-0.4, -0.2) is 11.5 Å². The number of furan rings is 1. The molecule has 0 unspecified atom stereocenters. The minimum Gasteiger partial charge on any atom is -0.456 e. The van der Waals surface area contributed by atoms with Crippen molar-refractivity contribution in [3.05, 3.63) is 173 Å². The molecule has 0 saturated heterocycles. The summed E-state index contributed by atoms with van der Waals surface area (Å²) in [5.41, 5.74) is 11.1. The lowest BCUT2D eigenvalue weighted by molar-refractivity contribution is 0.669. The van der Waals surface area contributed by atoms with Gasteiger partial charge in [-0.25, -0.2) is 4.99 Å². The predicted octanol–water partition coefficient (Wildman–Crippen LogP) is 12.0. The summed E-state index contributed by atoms with van der Waals surface area (Å²) in [5.74, 6) is 0.298. The maximum absolute atomic E-state index is 9.44. The summed E-state index contributed by atoms with van der Waals surface area (Å²) < 4.78 is 7.78. The molecule has 1 aliphatic rings. The molecule has 0 bridgehead atoms. The van der Waals surface area contributed by atoms with E-state index in [9.17, 15) is 5.41 Å². The van der Waals surface area contributed by atoms with Crippen molar-refractivity contribution in [2.45, 2.75) is 12.8 Å². The van der Waals surface area contributed by atoms with E-state index in [0.29, 0.717) is 5.84 Å². The van der Waals surface area contributed by atoms with Gasteiger partial charge in [0.1, 0.15) is 17.0 Å².